The normalized spacial score (nSPS) is 19.7. The van der Waals surface area contributed by atoms with Gasteiger partial charge in [0.25, 0.3) is 0 Å². The van der Waals surface area contributed by atoms with Gasteiger partial charge < -0.3 is 4.74 Å². The number of hydrogen-bond donors (Lipinski definition) is 0. The van der Waals surface area contributed by atoms with E-state index in [-0.39, 0.29) is 0 Å². The molecule has 1 aromatic heterocycles. The molecule has 0 spiro atoms. The maximum atomic E-state index is 5.98. The Labute approximate surface area is 113 Å². The van der Waals surface area contributed by atoms with Gasteiger partial charge in [-0.15, -0.1) is 0 Å². The van der Waals surface area contributed by atoms with Crippen molar-refractivity contribution in [1.82, 2.24) is 14.7 Å². The van der Waals surface area contributed by atoms with Crippen LogP contribution in [0.5, 0.6) is 5.75 Å². The van der Waals surface area contributed by atoms with E-state index >= 15 is 0 Å². The summed E-state index contributed by atoms with van der Waals surface area (Å²) < 4.78 is 7.83. The van der Waals surface area contributed by atoms with Crippen LogP contribution in [0.1, 0.15) is 12.1 Å². The lowest BCUT2D eigenvalue weighted by Gasteiger charge is -2.15. The second-order valence-corrected chi connectivity index (χ2v) is 5.06. The lowest BCUT2D eigenvalue weighted by atomic mass is 10.3. The molecule has 3 rings (SSSR count). The van der Waals surface area contributed by atoms with Crippen LogP contribution < -0.4 is 4.74 Å². The second kappa shape index (κ2) is 5.45. The van der Waals surface area contributed by atoms with Crippen molar-refractivity contribution < 1.29 is 4.74 Å². The van der Waals surface area contributed by atoms with Gasteiger partial charge in [0, 0.05) is 32.9 Å². The van der Waals surface area contributed by atoms with Gasteiger partial charge in [-0.2, -0.15) is 5.10 Å². The fourth-order valence-corrected chi connectivity index (χ4v) is 2.51. The van der Waals surface area contributed by atoms with Crippen molar-refractivity contribution in [2.24, 2.45) is 7.05 Å². The van der Waals surface area contributed by atoms with Gasteiger partial charge in [-0.25, -0.2) is 0 Å². The minimum absolute atomic E-state index is 0.297. The Balaban J connectivity index is 1.53. The average Bonchev–Trinajstić information content (AvgIpc) is 3.01. The minimum atomic E-state index is 0.297. The summed E-state index contributed by atoms with van der Waals surface area (Å²) in [5.74, 6) is 0.965. The molecule has 1 atom stereocenters. The standard InChI is InChI=1S/C15H19N3O/c1-17-9-7-13(16-17)11-18-10-8-15(12-18)19-14-5-3-2-4-6-14/h2-7,9,15H,8,10-12H2,1H3/t15-/m0/s1. The highest BCUT2D eigenvalue weighted by molar-refractivity contribution is 5.21. The Morgan fingerprint density at radius 3 is 2.84 bits per heavy atom. The smallest absolute Gasteiger partial charge is 0.119 e. The highest BCUT2D eigenvalue weighted by Crippen LogP contribution is 2.19. The average molecular weight is 257 g/mol. The van der Waals surface area contributed by atoms with Crippen molar-refractivity contribution in [2.75, 3.05) is 13.1 Å². The molecule has 4 nitrogen and oxygen atoms in total. The fourth-order valence-electron chi connectivity index (χ4n) is 2.51. The first-order chi connectivity index (χ1) is 9.29. The second-order valence-electron chi connectivity index (χ2n) is 5.06. The predicted octanol–water partition coefficient (Wildman–Crippen LogP) is 2.07. The summed E-state index contributed by atoms with van der Waals surface area (Å²) in [6.45, 7) is 2.97. The molecule has 0 bridgehead atoms. The summed E-state index contributed by atoms with van der Waals surface area (Å²) in [4.78, 5) is 2.40. The van der Waals surface area contributed by atoms with Crippen molar-refractivity contribution in [3.05, 3.63) is 48.3 Å². The van der Waals surface area contributed by atoms with Crippen LogP contribution in [0.15, 0.2) is 42.6 Å². The van der Waals surface area contributed by atoms with Gasteiger partial charge in [0.1, 0.15) is 11.9 Å². The highest BCUT2D eigenvalue weighted by atomic mass is 16.5. The summed E-state index contributed by atoms with van der Waals surface area (Å²) in [5.41, 5.74) is 1.13. The Bertz CT molecular complexity index is 523. The lowest BCUT2D eigenvalue weighted by molar-refractivity contribution is 0.197. The van der Waals surface area contributed by atoms with E-state index in [0.29, 0.717) is 6.10 Å². The Morgan fingerprint density at radius 2 is 2.11 bits per heavy atom. The molecule has 1 aromatic carbocycles. The van der Waals surface area contributed by atoms with Crippen molar-refractivity contribution in [2.45, 2.75) is 19.1 Å². The summed E-state index contributed by atoms with van der Waals surface area (Å²) in [6.07, 6.45) is 3.37. The number of aromatic nitrogens is 2. The third-order valence-electron chi connectivity index (χ3n) is 3.43. The number of nitrogens with zero attached hydrogens (tertiary/aromatic N) is 3. The molecule has 0 radical (unpaired) electrons. The van der Waals surface area contributed by atoms with E-state index in [1.54, 1.807) is 0 Å². The number of aryl methyl sites for hydroxylation is 1. The summed E-state index contributed by atoms with van der Waals surface area (Å²) >= 11 is 0. The molecule has 0 amide bonds. The van der Waals surface area contributed by atoms with E-state index in [2.05, 4.69) is 16.1 Å². The monoisotopic (exact) mass is 257 g/mol. The number of likely N-dealkylation sites (tertiary alicyclic amines) is 1. The molecule has 0 unspecified atom stereocenters. The molecule has 2 heterocycles. The van der Waals surface area contributed by atoms with Crippen LogP contribution in [0.25, 0.3) is 0 Å². The molecule has 0 N–H and O–H groups in total. The van der Waals surface area contributed by atoms with Crippen molar-refractivity contribution in [3.63, 3.8) is 0 Å². The Morgan fingerprint density at radius 1 is 1.26 bits per heavy atom. The van der Waals surface area contributed by atoms with Crippen LogP contribution in [0, 0.1) is 0 Å². The molecule has 0 saturated carbocycles. The van der Waals surface area contributed by atoms with Crippen molar-refractivity contribution in [1.29, 1.82) is 0 Å². The maximum Gasteiger partial charge on any atom is 0.119 e. The van der Waals surface area contributed by atoms with Crippen LogP contribution >= 0.6 is 0 Å². The van der Waals surface area contributed by atoms with E-state index in [1.807, 2.05) is 48.3 Å². The summed E-state index contributed by atoms with van der Waals surface area (Å²) in [5, 5.41) is 4.42. The molecule has 1 aliphatic rings. The zero-order valence-corrected chi connectivity index (χ0v) is 11.2. The van der Waals surface area contributed by atoms with Crippen LogP contribution in [0.4, 0.5) is 0 Å². The fraction of sp³-hybridized carbons (Fsp3) is 0.400. The quantitative estimate of drug-likeness (QED) is 0.840. The SMILES string of the molecule is Cn1ccc(CN2CC[C@H](Oc3ccccc3)C2)n1. The molecule has 4 heteroatoms. The zero-order chi connectivity index (χ0) is 13.1. The third-order valence-corrected chi connectivity index (χ3v) is 3.43. The molecule has 100 valence electrons. The number of benzene rings is 1. The lowest BCUT2D eigenvalue weighted by Crippen LogP contribution is -2.24. The van der Waals surface area contributed by atoms with E-state index in [0.717, 1.165) is 37.5 Å². The van der Waals surface area contributed by atoms with E-state index < -0.39 is 0 Å². The number of ether oxygens (including phenoxy) is 1. The van der Waals surface area contributed by atoms with Crippen LogP contribution in [0.3, 0.4) is 0 Å². The minimum Gasteiger partial charge on any atom is -0.489 e. The van der Waals surface area contributed by atoms with Gasteiger partial charge in [-0.1, -0.05) is 18.2 Å². The number of hydrogen-bond acceptors (Lipinski definition) is 3. The van der Waals surface area contributed by atoms with Crippen molar-refractivity contribution in [3.8, 4) is 5.75 Å². The molecule has 1 fully saturated rings. The van der Waals surface area contributed by atoms with Gasteiger partial charge >= 0.3 is 0 Å². The molecule has 19 heavy (non-hydrogen) atoms. The summed E-state index contributed by atoms with van der Waals surface area (Å²) in [7, 11) is 1.95. The van der Waals surface area contributed by atoms with E-state index in [9.17, 15) is 0 Å². The maximum absolute atomic E-state index is 5.98. The largest absolute Gasteiger partial charge is 0.489 e. The summed E-state index contributed by atoms with van der Waals surface area (Å²) in [6, 6.07) is 12.1. The van der Waals surface area contributed by atoms with Crippen LogP contribution in [-0.4, -0.2) is 33.9 Å². The Hall–Kier alpha value is -1.81. The molecular weight excluding hydrogens is 238 g/mol. The topological polar surface area (TPSA) is 30.3 Å². The van der Waals surface area contributed by atoms with Crippen LogP contribution in [-0.2, 0) is 13.6 Å². The molecular formula is C15H19N3O. The molecule has 1 saturated heterocycles. The van der Waals surface area contributed by atoms with Gasteiger partial charge in [-0.05, 0) is 24.6 Å². The van der Waals surface area contributed by atoms with Gasteiger partial charge in [0.05, 0.1) is 5.69 Å². The van der Waals surface area contributed by atoms with Crippen LogP contribution in [0.2, 0.25) is 0 Å². The number of rotatable bonds is 4. The first kappa shape index (κ1) is 12.2. The van der Waals surface area contributed by atoms with E-state index in [4.69, 9.17) is 4.74 Å². The number of para-hydroxylation sites is 1. The van der Waals surface area contributed by atoms with Gasteiger partial charge in [0.15, 0.2) is 0 Å². The highest BCUT2D eigenvalue weighted by Gasteiger charge is 2.24. The Kier molecular flexibility index (Phi) is 3.51. The first-order valence-corrected chi connectivity index (χ1v) is 6.72. The zero-order valence-electron chi connectivity index (χ0n) is 11.2. The van der Waals surface area contributed by atoms with Gasteiger partial charge in [-0.3, -0.25) is 9.58 Å². The first-order valence-electron chi connectivity index (χ1n) is 6.72. The molecule has 2 aromatic rings. The van der Waals surface area contributed by atoms with Crippen molar-refractivity contribution >= 4 is 0 Å². The molecule has 0 aliphatic carbocycles. The third kappa shape index (κ3) is 3.15. The molecule has 1 aliphatic heterocycles. The predicted molar refractivity (Wildman–Crippen MR) is 74.0 cm³/mol. The van der Waals surface area contributed by atoms with E-state index in [1.165, 1.54) is 0 Å². The van der Waals surface area contributed by atoms with Gasteiger partial charge in [0.2, 0.25) is 0 Å².